The summed E-state index contributed by atoms with van der Waals surface area (Å²) in [4.78, 5) is 35.7. The number of likely N-dealkylation sites (N-methyl/N-ethyl adjacent to an activating group) is 1. The molecule has 2 aromatic heterocycles. The predicted octanol–water partition coefficient (Wildman–Crippen LogP) is 4.70. The maximum Gasteiger partial charge on any atom is 0.308 e. The third kappa shape index (κ3) is 14.4. The highest BCUT2D eigenvalue weighted by molar-refractivity contribution is 5.91. The van der Waals surface area contributed by atoms with Crippen LogP contribution in [0.1, 0.15) is 73.3 Å². The number of allylic oxidation sites excluding steroid dienone is 3. The Morgan fingerprint density at radius 2 is 1.73 bits per heavy atom. The molecule has 1 aromatic carbocycles. The van der Waals surface area contributed by atoms with Gasteiger partial charge in [-0.05, 0) is 83.4 Å². The lowest BCUT2D eigenvalue weighted by atomic mass is 9.79. The first-order chi connectivity index (χ1) is 29.7. The number of aliphatic hydroxyl groups excluding tert-OH is 4. The van der Waals surface area contributed by atoms with Crippen LogP contribution in [0.2, 0.25) is 0 Å². The summed E-state index contributed by atoms with van der Waals surface area (Å²) >= 11 is 0. The van der Waals surface area contributed by atoms with Gasteiger partial charge in [0.05, 0.1) is 56.2 Å². The maximum absolute atomic E-state index is 13.9. The number of rotatable bonds is 14. The number of pyridine rings is 1. The van der Waals surface area contributed by atoms with Gasteiger partial charge in [0, 0.05) is 48.8 Å². The minimum atomic E-state index is -1.27. The van der Waals surface area contributed by atoms with Crippen molar-refractivity contribution in [3.63, 3.8) is 0 Å². The number of nitrogens with zero attached hydrogens (tertiary/aromatic N) is 6. The zero-order chi connectivity index (χ0) is 44.9. The highest BCUT2D eigenvalue weighted by atomic mass is 16.7. The molecule has 0 aliphatic carbocycles. The highest BCUT2D eigenvalue weighted by Gasteiger charge is 2.47. The highest BCUT2D eigenvalue weighted by Crippen LogP contribution is 2.35. The number of aromatic nitrogens is 4. The largest absolute Gasteiger partial charge is 0.462 e. The average molecular weight is 877 g/mol. The van der Waals surface area contributed by atoms with Crippen LogP contribution >= 0.6 is 0 Å². The SMILES string of the molecule is C.CC[C@H]1OC(=O)C[C@@H](O)[C@H](C)[C@@H](O[C@@H]2O[C@H](C)[C@@H](O)C(N(C)C)C2O)[C@@H](CCN(CCn2cc(-c3cccnc3)nn2)Cc2ccccc2)C[C@@H](C)C(=O)/C=C/C(C)=C/[C@@H]1CO. The van der Waals surface area contributed by atoms with Crippen LogP contribution in [0.5, 0.6) is 0 Å². The molecule has 15 nitrogen and oxygen atoms in total. The van der Waals surface area contributed by atoms with Crippen molar-refractivity contribution in [2.75, 3.05) is 33.8 Å². The van der Waals surface area contributed by atoms with E-state index in [1.54, 1.807) is 57.4 Å². The van der Waals surface area contributed by atoms with Crippen LogP contribution in [0.4, 0.5) is 0 Å². The second kappa shape index (κ2) is 24.8. The number of ketones is 1. The Labute approximate surface area is 373 Å². The number of carbonyl (C=O) groups excluding carboxylic acids is 2. The smallest absolute Gasteiger partial charge is 0.308 e. The van der Waals surface area contributed by atoms with Gasteiger partial charge in [0.25, 0.3) is 0 Å². The quantitative estimate of drug-likeness (QED) is 0.163. The van der Waals surface area contributed by atoms with Gasteiger partial charge >= 0.3 is 5.97 Å². The van der Waals surface area contributed by atoms with E-state index in [-0.39, 0.29) is 26.2 Å². The van der Waals surface area contributed by atoms with Gasteiger partial charge in [-0.1, -0.05) is 81.5 Å². The number of hydrogen-bond acceptors (Lipinski definition) is 14. The molecule has 12 atom stereocenters. The van der Waals surface area contributed by atoms with Gasteiger partial charge in [0.15, 0.2) is 12.1 Å². The van der Waals surface area contributed by atoms with Gasteiger partial charge in [-0.2, -0.15) is 0 Å². The molecule has 1 saturated heterocycles. The zero-order valence-corrected chi connectivity index (χ0v) is 37.3. The fourth-order valence-electron chi connectivity index (χ4n) is 8.62. The molecule has 0 amide bonds. The summed E-state index contributed by atoms with van der Waals surface area (Å²) in [6, 6.07) is 13.2. The Kier molecular flexibility index (Phi) is 20.2. The molecule has 63 heavy (non-hydrogen) atoms. The maximum atomic E-state index is 13.9. The number of aliphatic hydroxyl groups is 4. The van der Waals surface area contributed by atoms with E-state index in [0.29, 0.717) is 45.4 Å². The van der Waals surface area contributed by atoms with E-state index in [0.717, 1.165) is 22.4 Å². The Morgan fingerprint density at radius 3 is 2.40 bits per heavy atom. The number of benzene rings is 1. The van der Waals surface area contributed by atoms with Gasteiger partial charge in [-0.15, -0.1) is 5.10 Å². The Morgan fingerprint density at radius 1 is 0.984 bits per heavy atom. The van der Waals surface area contributed by atoms with Crippen molar-refractivity contribution in [2.24, 2.45) is 23.7 Å². The van der Waals surface area contributed by atoms with Crippen LogP contribution in [0.25, 0.3) is 11.3 Å². The number of esters is 1. The molecular weight excluding hydrogens is 805 g/mol. The Balaban J connectivity index is 0.00000871. The standard InChI is InChI=1S/C47H68N6O9.CH4/c1-8-41-37(29-54)23-30(2)16-17-39(55)31(3)24-35(46(32(4)40(56)25-42(57)61-41)62-47-45(59)43(51(6)7)44(58)33(5)60-47)18-20-52(27-34-13-10-9-11-14-34)21-22-53-28-38(49-50-53)36-15-12-19-48-26-36;/h9-17,19,23,26,28,31-33,35,37,40-41,43-47,54,56,58-59H,8,18,20-22,24-25,27,29H2,1-7H3;1H4/b17-16+,30-23+;/t31-,32+,33-,35+,37-,40-,41-,43?,44-,45?,46-,47+;/m1./s1. The average Bonchev–Trinajstić information content (AvgIpc) is 3.74. The van der Waals surface area contributed by atoms with Gasteiger partial charge in [-0.25, -0.2) is 0 Å². The molecule has 0 saturated carbocycles. The molecule has 3 aromatic rings. The summed E-state index contributed by atoms with van der Waals surface area (Å²) in [7, 11) is 3.53. The van der Waals surface area contributed by atoms with Gasteiger partial charge in [-0.3, -0.25) is 24.2 Å². The van der Waals surface area contributed by atoms with Crippen molar-refractivity contribution in [2.45, 2.75) is 130 Å². The predicted molar refractivity (Wildman–Crippen MR) is 241 cm³/mol. The summed E-state index contributed by atoms with van der Waals surface area (Å²) < 4.78 is 20.7. The Bertz CT molecular complexity index is 1890. The molecule has 2 aliphatic rings. The van der Waals surface area contributed by atoms with Gasteiger partial charge in [0.1, 0.15) is 17.9 Å². The van der Waals surface area contributed by atoms with Crippen LogP contribution in [0.3, 0.4) is 0 Å². The lowest BCUT2D eigenvalue weighted by molar-refractivity contribution is -0.304. The molecule has 1 fully saturated rings. The third-order valence-electron chi connectivity index (χ3n) is 12.4. The lowest BCUT2D eigenvalue weighted by Crippen LogP contribution is -2.63. The van der Waals surface area contributed by atoms with Crippen molar-refractivity contribution < 1.29 is 44.2 Å². The van der Waals surface area contributed by atoms with Crippen molar-refractivity contribution in [1.82, 2.24) is 29.8 Å². The van der Waals surface area contributed by atoms with Crippen LogP contribution < -0.4 is 0 Å². The first kappa shape index (κ1) is 51.4. The molecule has 5 rings (SSSR count). The van der Waals surface area contributed by atoms with E-state index in [2.05, 4.69) is 32.3 Å². The molecule has 348 valence electrons. The molecule has 4 N–H and O–H groups in total. The van der Waals surface area contributed by atoms with Crippen LogP contribution in [0, 0.1) is 23.7 Å². The third-order valence-corrected chi connectivity index (χ3v) is 12.4. The molecule has 15 heteroatoms. The van der Waals surface area contributed by atoms with E-state index < -0.39 is 78.6 Å². The topological polar surface area (TPSA) is 193 Å². The number of ether oxygens (including phenoxy) is 3. The molecule has 4 heterocycles. The lowest BCUT2D eigenvalue weighted by Gasteiger charge is -2.46. The summed E-state index contributed by atoms with van der Waals surface area (Å²) in [5.41, 5.74) is 3.44. The molecule has 0 spiro atoms. The monoisotopic (exact) mass is 877 g/mol. The first-order valence-electron chi connectivity index (χ1n) is 22.0. The fraction of sp³-hybridized carbons (Fsp3) is 0.604. The number of cyclic esters (lactones) is 1. The van der Waals surface area contributed by atoms with Crippen LogP contribution in [-0.2, 0) is 36.9 Å². The van der Waals surface area contributed by atoms with Crippen molar-refractivity contribution in [1.29, 1.82) is 0 Å². The van der Waals surface area contributed by atoms with E-state index in [1.807, 2.05) is 68.1 Å². The molecule has 2 aliphatic heterocycles. The molecule has 2 unspecified atom stereocenters. The van der Waals surface area contributed by atoms with E-state index in [9.17, 15) is 30.0 Å². The van der Waals surface area contributed by atoms with Gasteiger partial charge in [0.2, 0.25) is 0 Å². The first-order valence-corrected chi connectivity index (χ1v) is 22.0. The van der Waals surface area contributed by atoms with E-state index >= 15 is 0 Å². The molecular formula is C48H72N6O9. The number of hydrogen-bond donors (Lipinski definition) is 4. The van der Waals surface area contributed by atoms with E-state index in [4.69, 9.17) is 14.2 Å². The van der Waals surface area contributed by atoms with Crippen molar-refractivity contribution in [3.8, 4) is 11.3 Å². The second-order valence-corrected chi connectivity index (χ2v) is 17.4. The fourth-order valence-corrected chi connectivity index (χ4v) is 8.62. The minimum absolute atomic E-state index is 0. The minimum Gasteiger partial charge on any atom is -0.462 e. The normalized spacial score (nSPS) is 31.5. The van der Waals surface area contributed by atoms with Crippen LogP contribution in [0.15, 0.2) is 84.9 Å². The summed E-state index contributed by atoms with van der Waals surface area (Å²) in [6.07, 6.45) is 4.49. The van der Waals surface area contributed by atoms with E-state index in [1.165, 1.54) is 0 Å². The second-order valence-electron chi connectivity index (χ2n) is 17.4. The zero-order valence-electron chi connectivity index (χ0n) is 37.3. The Hall–Kier alpha value is -4.19. The molecule has 0 bridgehead atoms. The van der Waals surface area contributed by atoms with Crippen molar-refractivity contribution in [3.05, 3.63) is 90.4 Å². The summed E-state index contributed by atoms with van der Waals surface area (Å²) in [5, 5.41) is 53.6. The molecule has 0 radical (unpaired) electrons. The van der Waals surface area contributed by atoms with Crippen LogP contribution in [-0.4, -0.2) is 145 Å². The summed E-state index contributed by atoms with van der Waals surface area (Å²) in [5.74, 6) is -2.82. The number of carbonyl (C=O) groups is 2. The summed E-state index contributed by atoms with van der Waals surface area (Å²) in [6.45, 7) is 11.1. The van der Waals surface area contributed by atoms with Gasteiger partial charge < -0.3 is 39.5 Å². The van der Waals surface area contributed by atoms with Crippen molar-refractivity contribution >= 4 is 11.8 Å².